The molecule has 0 aliphatic carbocycles. The first-order valence-corrected chi connectivity index (χ1v) is 7.82. The Bertz CT molecular complexity index is 657. The van der Waals surface area contributed by atoms with Gasteiger partial charge in [-0.25, -0.2) is 14.8 Å². The van der Waals surface area contributed by atoms with Gasteiger partial charge in [-0.1, -0.05) is 44.2 Å². The summed E-state index contributed by atoms with van der Waals surface area (Å²) in [5, 5.41) is 12.4. The summed E-state index contributed by atoms with van der Waals surface area (Å²) in [5.41, 5.74) is 1.95. The van der Waals surface area contributed by atoms with Crippen molar-refractivity contribution in [3.05, 3.63) is 53.5 Å². The largest absolute Gasteiger partial charge is 0.480 e. The monoisotopic (exact) mass is 313 g/mol. The molecule has 0 saturated carbocycles. The molecule has 1 aromatic carbocycles. The summed E-state index contributed by atoms with van der Waals surface area (Å²) in [6.07, 6.45) is 1.17. The number of aliphatic carboxylic acids is 1. The van der Waals surface area contributed by atoms with E-state index in [1.807, 2.05) is 51.1 Å². The first-order valence-electron chi connectivity index (χ1n) is 7.82. The minimum absolute atomic E-state index is 0.287. The van der Waals surface area contributed by atoms with Gasteiger partial charge in [-0.05, 0) is 24.8 Å². The average molecular weight is 313 g/mol. The lowest BCUT2D eigenvalue weighted by molar-refractivity contribution is -0.138. The van der Waals surface area contributed by atoms with Gasteiger partial charge >= 0.3 is 5.97 Å². The van der Waals surface area contributed by atoms with Gasteiger partial charge in [0, 0.05) is 18.2 Å². The van der Waals surface area contributed by atoms with Crippen molar-refractivity contribution in [3.63, 3.8) is 0 Å². The van der Waals surface area contributed by atoms with Gasteiger partial charge < -0.3 is 10.4 Å². The maximum Gasteiger partial charge on any atom is 0.326 e. The van der Waals surface area contributed by atoms with Crippen LogP contribution in [0.1, 0.15) is 37.4 Å². The van der Waals surface area contributed by atoms with Crippen LogP contribution >= 0.6 is 0 Å². The van der Waals surface area contributed by atoms with Crippen molar-refractivity contribution in [1.82, 2.24) is 9.97 Å². The van der Waals surface area contributed by atoms with Gasteiger partial charge in [-0.2, -0.15) is 0 Å². The number of anilines is 1. The Morgan fingerprint density at radius 1 is 1.22 bits per heavy atom. The third-order valence-electron chi connectivity index (χ3n) is 3.43. The number of nitrogens with one attached hydrogen (secondary N) is 1. The summed E-state index contributed by atoms with van der Waals surface area (Å²) in [6.45, 7) is 5.90. The zero-order valence-corrected chi connectivity index (χ0v) is 13.8. The van der Waals surface area contributed by atoms with Crippen LogP contribution in [0.5, 0.6) is 0 Å². The summed E-state index contributed by atoms with van der Waals surface area (Å²) in [7, 11) is 0. The zero-order chi connectivity index (χ0) is 16.8. The summed E-state index contributed by atoms with van der Waals surface area (Å²) in [6, 6.07) is 11.1. The highest BCUT2D eigenvalue weighted by Gasteiger charge is 2.19. The van der Waals surface area contributed by atoms with Crippen LogP contribution in [0, 0.1) is 12.8 Å². The molecule has 2 rings (SSSR count). The normalized spacial score (nSPS) is 12.2. The van der Waals surface area contributed by atoms with Crippen LogP contribution in [-0.4, -0.2) is 27.1 Å². The van der Waals surface area contributed by atoms with Crippen molar-refractivity contribution in [1.29, 1.82) is 0 Å². The van der Waals surface area contributed by atoms with Crippen molar-refractivity contribution in [3.8, 4) is 0 Å². The molecule has 0 saturated heterocycles. The van der Waals surface area contributed by atoms with Gasteiger partial charge in [0.05, 0.1) is 0 Å². The van der Waals surface area contributed by atoms with Gasteiger partial charge in [0.25, 0.3) is 0 Å². The number of aromatic nitrogens is 2. The second-order valence-electron chi connectivity index (χ2n) is 6.14. The molecule has 0 bridgehead atoms. The molecule has 0 aliphatic rings. The lowest BCUT2D eigenvalue weighted by atomic mass is 10.0. The van der Waals surface area contributed by atoms with E-state index >= 15 is 0 Å². The predicted molar refractivity (Wildman–Crippen MR) is 90.5 cm³/mol. The van der Waals surface area contributed by atoms with E-state index in [0.29, 0.717) is 24.5 Å². The van der Waals surface area contributed by atoms with Crippen LogP contribution < -0.4 is 5.32 Å². The Morgan fingerprint density at radius 2 is 1.91 bits per heavy atom. The molecule has 0 fully saturated rings. The van der Waals surface area contributed by atoms with E-state index < -0.39 is 12.0 Å². The minimum atomic E-state index is -0.862. The first kappa shape index (κ1) is 16.9. The van der Waals surface area contributed by atoms with Crippen LogP contribution in [0.3, 0.4) is 0 Å². The summed E-state index contributed by atoms with van der Waals surface area (Å²) in [4.78, 5) is 20.3. The lowest BCUT2D eigenvalue weighted by Crippen LogP contribution is -2.31. The Balaban J connectivity index is 2.17. The number of aryl methyl sites for hydroxylation is 1. The van der Waals surface area contributed by atoms with Crippen molar-refractivity contribution >= 4 is 11.8 Å². The van der Waals surface area contributed by atoms with Crippen LogP contribution in [0.4, 0.5) is 5.82 Å². The lowest BCUT2D eigenvalue weighted by Gasteiger charge is -2.17. The van der Waals surface area contributed by atoms with E-state index in [2.05, 4.69) is 15.3 Å². The fourth-order valence-corrected chi connectivity index (χ4v) is 2.43. The van der Waals surface area contributed by atoms with Gasteiger partial charge in [-0.3, -0.25) is 0 Å². The summed E-state index contributed by atoms with van der Waals surface area (Å²) in [5.74, 6) is 0.679. The molecule has 5 nitrogen and oxygen atoms in total. The molecule has 122 valence electrons. The molecule has 0 amide bonds. The van der Waals surface area contributed by atoms with Gasteiger partial charge in [0.2, 0.25) is 0 Å². The molecule has 0 aliphatic heterocycles. The van der Waals surface area contributed by atoms with E-state index in [4.69, 9.17) is 0 Å². The first-order chi connectivity index (χ1) is 10.9. The third kappa shape index (κ3) is 5.36. The highest BCUT2D eigenvalue weighted by molar-refractivity contribution is 5.76. The number of carbonyl (C=O) groups is 1. The average Bonchev–Trinajstić information content (AvgIpc) is 2.46. The molecule has 0 unspecified atom stereocenters. The van der Waals surface area contributed by atoms with Crippen LogP contribution in [0.2, 0.25) is 0 Å². The number of rotatable bonds is 7. The number of hydrogen-bond acceptors (Lipinski definition) is 4. The van der Waals surface area contributed by atoms with Crippen molar-refractivity contribution in [2.24, 2.45) is 5.92 Å². The smallest absolute Gasteiger partial charge is 0.326 e. The SMILES string of the molecule is Cc1cc(N[C@@H](CC(C)C)C(=O)O)nc(Cc2ccccc2)n1. The highest BCUT2D eigenvalue weighted by Crippen LogP contribution is 2.14. The molecule has 1 aromatic heterocycles. The van der Waals surface area contributed by atoms with Gasteiger partial charge in [-0.15, -0.1) is 0 Å². The Morgan fingerprint density at radius 3 is 2.52 bits per heavy atom. The standard InChI is InChI=1S/C18H23N3O2/c1-12(2)9-15(18(22)23)20-16-10-13(3)19-17(21-16)11-14-7-5-4-6-8-14/h4-8,10,12,15H,9,11H2,1-3H3,(H,22,23)(H,19,20,21)/t15-/m0/s1. The van der Waals surface area contributed by atoms with E-state index in [1.54, 1.807) is 6.07 Å². The number of carboxylic acid groups (broad SMARTS) is 1. The maximum absolute atomic E-state index is 11.4. The highest BCUT2D eigenvalue weighted by atomic mass is 16.4. The van der Waals surface area contributed by atoms with Gasteiger partial charge in [0.15, 0.2) is 0 Å². The maximum atomic E-state index is 11.4. The molecular weight excluding hydrogens is 290 g/mol. The second kappa shape index (κ2) is 7.72. The van der Waals surface area contributed by atoms with Crippen molar-refractivity contribution in [2.75, 3.05) is 5.32 Å². The number of nitrogens with zero attached hydrogens (tertiary/aromatic N) is 2. The van der Waals surface area contributed by atoms with Crippen LogP contribution in [-0.2, 0) is 11.2 Å². The van der Waals surface area contributed by atoms with Crippen LogP contribution in [0.25, 0.3) is 0 Å². The van der Waals surface area contributed by atoms with Crippen molar-refractivity contribution < 1.29 is 9.90 Å². The Kier molecular flexibility index (Phi) is 5.68. The number of hydrogen-bond donors (Lipinski definition) is 2. The Labute approximate surface area is 136 Å². The van der Waals surface area contributed by atoms with E-state index in [0.717, 1.165) is 11.3 Å². The third-order valence-corrected chi connectivity index (χ3v) is 3.43. The molecule has 1 atom stereocenters. The molecule has 2 N–H and O–H groups in total. The fourth-order valence-electron chi connectivity index (χ4n) is 2.43. The number of benzene rings is 1. The quantitative estimate of drug-likeness (QED) is 0.820. The Hall–Kier alpha value is -2.43. The molecule has 23 heavy (non-hydrogen) atoms. The van der Waals surface area contributed by atoms with E-state index in [9.17, 15) is 9.90 Å². The minimum Gasteiger partial charge on any atom is -0.480 e. The van der Waals surface area contributed by atoms with E-state index in [1.165, 1.54) is 0 Å². The second-order valence-corrected chi connectivity index (χ2v) is 6.14. The van der Waals surface area contributed by atoms with E-state index in [-0.39, 0.29) is 5.92 Å². The summed E-state index contributed by atoms with van der Waals surface area (Å²) >= 11 is 0. The predicted octanol–water partition coefficient (Wildman–Crippen LogP) is 3.29. The van der Waals surface area contributed by atoms with Crippen LogP contribution in [0.15, 0.2) is 36.4 Å². The molecular formula is C18H23N3O2. The zero-order valence-electron chi connectivity index (χ0n) is 13.8. The molecule has 1 heterocycles. The molecule has 5 heteroatoms. The molecule has 0 spiro atoms. The summed E-state index contributed by atoms with van der Waals surface area (Å²) < 4.78 is 0. The molecule has 2 aromatic rings. The fraction of sp³-hybridized carbons (Fsp3) is 0.389. The topological polar surface area (TPSA) is 75.1 Å². The van der Waals surface area contributed by atoms with Crippen molar-refractivity contribution in [2.45, 2.75) is 39.7 Å². The van der Waals surface area contributed by atoms with Gasteiger partial charge in [0.1, 0.15) is 17.7 Å². The number of carboxylic acids is 1. The molecule has 0 radical (unpaired) electrons.